The molecule has 0 bridgehead atoms. The van der Waals surface area contributed by atoms with Crippen molar-refractivity contribution >= 4 is 16.9 Å². The normalized spacial score (nSPS) is 11.0. The number of ether oxygens (including phenoxy) is 1. The third kappa shape index (κ3) is 3.88. The smallest absolute Gasteiger partial charge is 0.251 e. The van der Waals surface area contributed by atoms with E-state index >= 15 is 0 Å². The van der Waals surface area contributed by atoms with E-state index in [9.17, 15) is 4.79 Å². The average Bonchev–Trinajstić information content (AvgIpc) is 2.98. The Balaban J connectivity index is 1.79. The molecule has 0 aliphatic heterocycles. The van der Waals surface area contributed by atoms with Crippen LogP contribution in [-0.2, 0) is 17.8 Å². The summed E-state index contributed by atoms with van der Waals surface area (Å²) in [5, 5.41) is 2.98. The molecular weight excluding hydrogens is 314 g/mol. The van der Waals surface area contributed by atoms with Gasteiger partial charge in [0.25, 0.3) is 5.91 Å². The Bertz CT molecular complexity index is 870. The fourth-order valence-electron chi connectivity index (χ4n) is 2.89. The van der Waals surface area contributed by atoms with Gasteiger partial charge in [-0.05, 0) is 37.6 Å². The summed E-state index contributed by atoms with van der Waals surface area (Å²) in [6, 6.07) is 15.6. The Morgan fingerprint density at radius 2 is 1.92 bits per heavy atom. The van der Waals surface area contributed by atoms with E-state index < -0.39 is 0 Å². The number of nitrogens with zero attached hydrogens (tertiary/aromatic N) is 2. The predicted molar refractivity (Wildman–Crippen MR) is 98.6 cm³/mol. The number of carbonyl (C=O) groups is 1. The molecule has 0 atom stereocenters. The fourth-order valence-corrected chi connectivity index (χ4v) is 2.89. The van der Waals surface area contributed by atoms with Crippen LogP contribution in [0.15, 0.2) is 48.5 Å². The summed E-state index contributed by atoms with van der Waals surface area (Å²) in [5.41, 5.74) is 3.64. The van der Waals surface area contributed by atoms with E-state index in [4.69, 9.17) is 4.74 Å². The molecule has 0 saturated heterocycles. The minimum Gasteiger partial charge on any atom is -0.380 e. The predicted octanol–water partition coefficient (Wildman–Crippen LogP) is 3.31. The summed E-state index contributed by atoms with van der Waals surface area (Å²) in [6.45, 7) is 6.32. The number of rotatable bonds is 7. The van der Waals surface area contributed by atoms with Crippen LogP contribution >= 0.6 is 0 Å². The highest BCUT2D eigenvalue weighted by Gasteiger charge is 2.13. The average molecular weight is 337 g/mol. The zero-order chi connectivity index (χ0) is 17.6. The molecule has 0 unspecified atom stereocenters. The standard InChI is InChI=1S/C20H23N3O2/c1-3-25-13-12-23-18-11-7-6-10-17(18)22-19(23)14-21-20(24)16-9-5-4-8-15(16)2/h4-11H,3,12-14H2,1-2H3,(H,21,24). The van der Waals surface area contributed by atoms with Crippen molar-refractivity contribution in [3.05, 3.63) is 65.5 Å². The maximum Gasteiger partial charge on any atom is 0.251 e. The van der Waals surface area contributed by atoms with Crippen molar-refractivity contribution in [2.45, 2.75) is 26.9 Å². The van der Waals surface area contributed by atoms with Crippen LogP contribution in [0, 0.1) is 6.92 Å². The van der Waals surface area contributed by atoms with Gasteiger partial charge in [-0.3, -0.25) is 4.79 Å². The van der Waals surface area contributed by atoms with Gasteiger partial charge in [-0.1, -0.05) is 30.3 Å². The van der Waals surface area contributed by atoms with Gasteiger partial charge in [0.15, 0.2) is 0 Å². The Labute approximate surface area is 147 Å². The molecule has 3 aromatic rings. The molecule has 0 aliphatic carbocycles. The molecular formula is C20H23N3O2. The van der Waals surface area contributed by atoms with Crippen molar-refractivity contribution in [1.29, 1.82) is 0 Å². The van der Waals surface area contributed by atoms with Crippen LogP contribution in [0.1, 0.15) is 28.7 Å². The number of hydrogen-bond donors (Lipinski definition) is 1. The van der Waals surface area contributed by atoms with Crippen LogP contribution in [0.5, 0.6) is 0 Å². The van der Waals surface area contributed by atoms with E-state index in [1.165, 1.54) is 0 Å². The molecule has 1 heterocycles. The highest BCUT2D eigenvalue weighted by molar-refractivity contribution is 5.95. The van der Waals surface area contributed by atoms with Crippen molar-refractivity contribution in [1.82, 2.24) is 14.9 Å². The first-order valence-corrected chi connectivity index (χ1v) is 8.56. The summed E-state index contributed by atoms with van der Waals surface area (Å²) in [7, 11) is 0. The lowest BCUT2D eigenvalue weighted by Crippen LogP contribution is -2.25. The van der Waals surface area contributed by atoms with Crippen LogP contribution in [0.4, 0.5) is 0 Å². The van der Waals surface area contributed by atoms with Gasteiger partial charge in [0.1, 0.15) is 5.82 Å². The zero-order valence-electron chi connectivity index (χ0n) is 14.7. The van der Waals surface area contributed by atoms with Crippen LogP contribution in [0.3, 0.4) is 0 Å². The van der Waals surface area contributed by atoms with E-state index in [-0.39, 0.29) is 5.91 Å². The van der Waals surface area contributed by atoms with Crippen molar-refractivity contribution in [3.8, 4) is 0 Å². The largest absolute Gasteiger partial charge is 0.380 e. The van der Waals surface area contributed by atoms with Gasteiger partial charge in [-0.2, -0.15) is 0 Å². The van der Waals surface area contributed by atoms with Crippen LogP contribution in [0.25, 0.3) is 11.0 Å². The topological polar surface area (TPSA) is 56.1 Å². The van der Waals surface area contributed by atoms with Crippen molar-refractivity contribution in [3.63, 3.8) is 0 Å². The number of aromatic nitrogens is 2. The molecule has 2 aromatic carbocycles. The molecule has 0 spiro atoms. The number of para-hydroxylation sites is 2. The molecule has 130 valence electrons. The molecule has 25 heavy (non-hydrogen) atoms. The molecule has 1 N–H and O–H groups in total. The molecule has 0 radical (unpaired) electrons. The number of nitrogens with one attached hydrogen (secondary N) is 1. The number of benzene rings is 2. The Morgan fingerprint density at radius 1 is 1.16 bits per heavy atom. The molecule has 5 nitrogen and oxygen atoms in total. The molecule has 5 heteroatoms. The zero-order valence-corrected chi connectivity index (χ0v) is 14.7. The summed E-state index contributed by atoms with van der Waals surface area (Å²) in [6.07, 6.45) is 0. The maximum atomic E-state index is 12.5. The Morgan fingerprint density at radius 3 is 2.72 bits per heavy atom. The third-order valence-electron chi connectivity index (χ3n) is 4.19. The summed E-state index contributed by atoms with van der Waals surface area (Å²) in [4.78, 5) is 17.1. The highest BCUT2D eigenvalue weighted by Crippen LogP contribution is 2.16. The fraction of sp³-hybridized carbons (Fsp3) is 0.300. The van der Waals surface area contributed by atoms with Crippen LogP contribution in [-0.4, -0.2) is 28.7 Å². The van der Waals surface area contributed by atoms with Crippen molar-refractivity contribution < 1.29 is 9.53 Å². The van der Waals surface area contributed by atoms with Crippen LogP contribution < -0.4 is 5.32 Å². The number of carbonyl (C=O) groups excluding carboxylic acids is 1. The monoisotopic (exact) mass is 337 g/mol. The highest BCUT2D eigenvalue weighted by atomic mass is 16.5. The maximum absolute atomic E-state index is 12.5. The summed E-state index contributed by atoms with van der Waals surface area (Å²) >= 11 is 0. The molecule has 1 aromatic heterocycles. The third-order valence-corrected chi connectivity index (χ3v) is 4.19. The minimum atomic E-state index is -0.0819. The first-order valence-electron chi connectivity index (χ1n) is 8.56. The molecule has 3 rings (SSSR count). The molecule has 1 amide bonds. The second-order valence-corrected chi connectivity index (χ2v) is 5.86. The second kappa shape index (κ2) is 7.94. The lowest BCUT2D eigenvalue weighted by Gasteiger charge is -2.11. The number of hydrogen-bond acceptors (Lipinski definition) is 3. The van der Waals surface area contributed by atoms with Gasteiger partial charge in [0.2, 0.25) is 0 Å². The number of aryl methyl sites for hydroxylation is 1. The van der Waals surface area contributed by atoms with Gasteiger partial charge in [0.05, 0.1) is 24.2 Å². The molecule has 0 aliphatic rings. The first kappa shape index (κ1) is 17.2. The Hall–Kier alpha value is -2.66. The quantitative estimate of drug-likeness (QED) is 0.673. The lowest BCUT2D eigenvalue weighted by molar-refractivity contribution is 0.0948. The van der Waals surface area contributed by atoms with Crippen molar-refractivity contribution in [2.24, 2.45) is 0 Å². The first-order chi connectivity index (χ1) is 12.2. The van der Waals surface area contributed by atoms with E-state index in [1.54, 1.807) is 0 Å². The summed E-state index contributed by atoms with van der Waals surface area (Å²) in [5.74, 6) is 0.754. The van der Waals surface area contributed by atoms with Crippen molar-refractivity contribution in [2.75, 3.05) is 13.2 Å². The SMILES string of the molecule is CCOCCn1c(CNC(=O)c2ccccc2C)nc2ccccc21. The summed E-state index contributed by atoms with van der Waals surface area (Å²) < 4.78 is 7.60. The second-order valence-electron chi connectivity index (χ2n) is 5.86. The van der Waals surface area contributed by atoms with Crippen LogP contribution in [0.2, 0.25) is 0 Å². The van der Waals surface area contributed by atoms with Gasteiger partial charge in [-0.25, -0.2) is 4.98 Å². The lowest BCUT2D eigenvalue weighted by atomic mass is 10.1. The minimum absolute atomic E-state index is 0.0819. The van der Waals surface area contributed by atoms with E-state index in [2.05, 4.69) is 14.9 Å². The van der Waals surface area contributed by atoms with E-state index in [0.29, 0.717) is 31.9 Å². The molecule has 0 fully saturated rings. The van der Waals surface area contributed by atoms with E-state index in [0.717, 1.165) is 22.4 Å². The number of fused-ring (bicyclic) bond motifs is 1. The van der Waals surface area contributed by atoms with E-state index in [1.807, 2.05) is 62.4 Å². The molecule has 0 saturated carbocycles. The number of amides is 1. The Kier molecular flexibility index (Phi) is 5.46. The number of imidazole rings is 1. The van der Waals surface area contributed by atoms with Gasteiger partial charge in [0, 0.05) is 18.7 Å². The van der Waals surface area contributed by atoms with Gasteiger partial charge < -0.3 is 14.6 Å². The van der Waals surface area contributed by atoms with Gasteiger partial charge in [-0.15, -0.1) is 0 Å². The van der Waals surface area contributed by atoms with Gasteiger partial charge >= 0.3 is 0 Å².